The van der Waals surface area contributed by atoms with Crippen LogP contribution in [0, 0.1) is 0 Å². The molecule has 0 amide bonds. The van der Waals surface area contributed by atoms with Gasteiger partial charge in [0, 0.05) is 29.9 Å². The number of aromatic nitrogens is 2. The highest BCUT2D eigenvalue weighted by molar-refractivity contribution is 5.87. The lowest BCUT2D eigenvalue weighted by molar-refractivity contribution is 0.0694. The van der Waals surface area contributed by atoms with E-state index in [2.05, 4.69) is 4.98 Å². The van der Waals surface area contributed by atoms with Crippen molar-refractivity contribution in [2.24, 2.45) is 0 Å². The van der Waals surface area contributed by atoms with Gasteiger partial charge in [-0.1, -0.05) is 42.5 Å². The first-order valence-corrected chi connectivity index (χ1v) is 8.62. The Morgan fingerprint density at radius 1 is 1.04 bits per heavy atom. The van der Waals surface area contributed by atoms with Crippen LogP contribution in [-0.4, -0.2) is 25.7 Å². The Kier molecular flexibility index (Phi) is 4.37. The maximum absolute atomic E-state index is 11.8. The van der Waals surface area contributed by atoms with Crippen molar-refractivity contribution in [1.29, 1.82) is 0 Å². The van der Waals surface area contributed by atoms with E-state index < -0.39 is 22.7 Å². The van der Waals surface area contributed by atoms with Gasteiger partial charge in [-0.25, -0.2) is 4.79 Å². The molecule has 0 aliphatic heterocycles. The molecule has 0 aliphatic rings. The quantitative estimate of drug-likeness (QED) is 0.572. The lowest BCUT2D eigenvalue weighted by Crippen LogP contribution is -2.17. The fourth-order valence-electron chi connectivity index (χ4n) is 3.21. The first kappa shape index (κ1) is 17.5. The minimum absolute atomic E-state index is 0.289. The molecule has 6 nitrogen and oxygen atoms in total. The largest absolute Gasteiger partial charge is 0.503 e. The van der Waals surface area contributed by atoms with Gasteiger partial charge in [0.1, 0.15) is 5.56 Å². The van der Waals surface area contributed by atoms with Gasteiger partial charge in [0.05, 0.1) is 11.7 Å². The molecule has 138 valence electrons. The number of rotatable bonds is 4. The summed E-state index contributed by atoms with van der Waals surface area (Å²) in [6.45, 7) is 0.289. The predicted octanol–water partition coefficient (Wildman–Crippen LogP) is 3.52. The first-order valence-electron chi connectivity index (χ1n) is 8.62. The molecule has 0 unspecified atom stereocenters. The van der Waals surface area contributed by atoms with Crippen LogP contribution in [0.2, 0.25) is 0 Å². The van der Waals surface area contributed by atoms with Crippen LogP contribution in [0.5, 0.6) is 5.75 Å². The third-order valence-corrected chi connectivity index (χ3v) is 4.56. The highest BCUT2D eigenvalue weighted by Gasteiger charge is 2.14. The number of pyridine rings is 2. The number of carbonyl (C=O) groups is 1. The zero-order valence-electron chi connectivity index (χ0n) is 14.7. The van der Waals surface area contributed by atoms with E-state index in [4.69, 9.17) is 0 Å². The summed E-state index contributed by atoms with van der Waals surface area (Å²) in [7, 11) is 0. The van der Waals surface area contributed by atoms with Gasteiger partial charge in [-0.05, 0) is 23.3 Å². The molecule has 0 aliphatic carbocycles. The van der Waals surface area contributed by atoms with Gasteiger partial charge in [-0.2, -0.15) is 0 Å². The fraction of sp³-hybridized carbons (Fsp3) is 0.0455. The number of nitrogens with zero attached hydrogens (tertiary/aromatic N) is 2. The normalized spacial score (nSPS) is 10.9. The lowest BCUT2D eigenvalue weighted by atomic mass is 9.99. The SMILES string of the molecule is O=C(O)c1cn(Cc2ccccc2-c2cnc3ccccc3c2)cc(O)c1=O. The van der Waals surface area contributed by atoms with Crippen molar-refractivity contribution in [2.75, 3.05) is 0 Å². The fourth-order valence-corrected chi connectivity index (χ4v) is 3.21. The van der Waals surface area contributed by atoms with Gasteiger partial charge < -0.3 is 14.8 Å². The molecule has 2 aromatic heterocycles. The lowest BCUT2D eigenvalue weighted by Gasteiger charge is -2.13. The smallest absolute Gasteiger partial charge is 0.341 e. The highest BCUT2D eigenvalue weighted by Crippen LogP contribution is 2.26. The van der Waals surface area contributed by atoms with Crippen molar-refractivity contribution < 1.29 is 15.0 Å². The van der Waals surface area contributed by atoms with Crippen LogP contribution in [-0.2, 0) is 6.54 Å². The third-order valence-electron chi connectivity index (χ3n) is 4.56. The molecular weight excluding hydrogens is 356 g/mol. The third kappa shape index (κ3) is 3.23. The van der Waals surface area contributed by atoms with Crippen LogP contribution < -0.4 is 5.43 Å². The van der Waals surface area contributed by atoms with Crippen LogP contribution in [0.3, 0.4) is 0 Å². The number of carboxylic acid groups (broad SMARTS) is 1. The van der Waals surface area contributed by atoms with E-state index >= 15 is 0 Å². The summed E-state index contributed by atoms with van der Waals surface area (Å²) < 4.78 is 1.49. The molecule has 0 fully saturated rings. The Labute approximate surface area is 160 Å². The van der Waals surface area contributed by atoms with Crippen molar-refractivity contribution in [3.63, 3.8) is 0 Å². The van der Waals surface area contributed by atoms with Crippen molar-refractivity contribution in [3.05, 3.63) is 94.5 Å². The van der Waals surface area contributed by atoms with Crippen molar-refractivity contribution in [2.45, 2.75) is 6.54 Å². The number of aromatic hydroxyl groups is 1. The highest BCUT2D eigenvalue weighted by atomic mass is 16.4. The number of fused-ring (bicyclic) bond motifs is 1. The van der Waals surface area contributed by atoms with Crippen LogP contribution in [0.4, 0.5) is 0 Å². The summed E-state index contributed by atoms with van der Waals surface area (Å²) in [5.41, 5.74) is 2.31. The number of para-hydroxylation sites is 1. The average Bonchev–Trinajstić information content (AvgIpc) is 2.70. The van der Waals surface area contributed by atoms with E-state index in [1.54, 1.807) is 6.20 Å². The van der Waals surface area contributed by atoms with Gasteiger partial charge in [0.15, 0.2) is 5.75 Å². The summed E-state index contributed by atoms with van der Waals surface area (Å²) in [4.78, 5) is 27.5. The number of hydrogen-bond acceptors (Lipinski definition) is 4. The summed E-state index contributed by atoms with van der Waals surface area (Å²) >= 11 is 0. The van der Waals surface area contributed by atoms with Crippen molar-refractivity contribution in [3.8, 4) is 16.9 Å². The summed E-state index contributed by atoms with van der Waals surface area (Å²) in [6, 6.07) is 17.6. The molecule has 2 heterocycles. The molecule has 0 saturated carbocycles. The molecule has 0 atom stereocenters. The summed E-state index contributed by atoms with van der Waals surface area (Å²) in [6.07, 6.45) is 4.27. The second kappa shape index (κ2) is 7.00. The summed E-state index contributed by atoms with van der Waals surface area (Å²) in [5.74, 6) is -1.97. The second-order valence-electron chi connectivity index (χ2n) is 6.44. The number of aromatic carboxylic acids is 1. The molecular formula is C22H16N2O4. The molecule has 4 rings (SSSR count). The van der Waals surface area contributed by atoms with E-state index in [1.807, 2.05) is 54.6 Å². The molecule has 0 saturated heterocycles. The molecule has 0 radical (unpaired) electrons. The van der Waals surface area contributed by atoms with E-state index in [9.17, 15) is 19.8 Å². The van der Waals surface area contributed by atoms with E-state index in [-0.39, 0.29) is 6.54 Å². The van der Waals surface area contributed by atoms with E-state index in [0.29, 0.717) is 0 Å². The van der Waals surface area contributed by atoms with Crippen molar-refractivity contribution in [1.82, 2.24) is 9.55 Å². The Morgan fingerprint density at radius 3 is 2.61 bits per heavy atom. The van der Waals surface area contributed by atoms with Gasteiger partial charge >= 0.3 is 5.97 Å². The van der Waals surface area contributed by atoms with Crippen LogP contribution in [0.15, 0.2) is 78.0 Å². The van der Waals surface area contributed by atoms with E-state index in [1.165, 1.54) is 17.0 Å². The zero-order chi connectivity index (χ0) is 19.7. The van der Waals surface area contributed by atoms with Crippen LogP contribution in [0.25, 0.3) is 22.0 Å². The molecule has 0 bridgehead atoms. The van der Waals surface area contributed by atoms with E-state index in [0.717, 1.165) is 27.6 Å². The zero-order valence-corrected chi connectivity index (χ0v) is 14.7. The predicted molar refractivity (Wildman–Crippen MR) is 106 cm³/mol. The molecule has 2 N–H and O–H groups in total. The number of benzene rings is 2. The Bertz CT molecular complexity index is 1260. The minimum Gasteiger partial charge on any atom is -0.503 e. The van der Waals surface area contributed by atoms with Crippen LogP contribution in [0.1, 0.15) is 15.9 Å². The maximum atomic E-state index is 11.8. The topological polar surface area (TPSA) is 92.4 Å². The van der Waals surface area contributed by atoms with Gasteiger partial charge in [-0.3, -0.25) is 9.78 Å². The molecule has 6 heteroatoms. The Balaban J connectivity index is 1.78. The van der Waals surface area contributed by atoms with Gasteiger partial charge in [0.2, 0.25) is 5.43 Å². The maximum Gasteiger partial charge on any atom is 0.341 e. The molecule has 4 aromatic rings. The van der Waals surface area contributed by atoms with Crippen LogP contribution >= 0.6 is 0 Å². The monoisotopic (exact) mass is 372 g/mol. The minimum atomic E-state index is -1.37. The molecule has 2 aromatic carbocycles. The number of carboxylic acids is 1. The molecule has 0 spiro atoms. The Morgan fingerprint density at radius 2 is 1.79 bits per heavy atom. The van der Waals surface area contributed by atoms with Gasteiger partial charge in [-0.15, -0.1) is 0 Å². The summed E-state index contributed by atoms with van der Waals surface area (Å²) in [5, 5.41) is 20.0. The first-order chi connectivity index (χ1) is 13.5. The van der Waals surface area contributed by atoms with Gasteiger partial charge in [0.25, 0.3) is 0 Å². The second-order valence-corrected chi connectivity index (χ2v) is 6.44. The Hall–Kier alpha value is -3.93. The number of hydrogen-bond donors (Lipinski definition) is 2. The molecule has 28 heavy (non-hydrogen) atoms. The van der Waals surface area contributed by atoms with Crippen molar-refractivity contribution >= 4 is 16.9 Å². The average molecular weight is 372 g/mol. The standard InChI is InChI=1S/C22H16N2O4/c25-20-13-24(12-18(21(20)26)22(27)28)11-15-6-1-3-7-17(15)16-9-14-5-2-4-8-19(14)23-10-16/h1-10,12-13,25H,11H2,(H,27,28).